The highest BCUT2D eigenvalue weighted by Gasteiger charge is 2.20. The Bertz CT molecular complexity index is 2550. The van der Waals surface area contributed by atoms with Crippen molar-refractivity contribution in [2.75, 3.05) is 4.90 Å². The third-order valence-corrected chi connectivity index (χ3v) is 9.72. The van der Waals surface area contributed by atoms with Gasteiger partial charge in [-0.05, 0) is 112 Å². The van der Waals surface area contributed by atoms with Gasteiger partial charge in [-0.1, -0.05) is 121 Å². The van der Waals surface area contributed by atoms with E-state index < -0.39 is 0 Å². The molecule has 0 N–H and O–H groups in total. The van der Waals surface area contributed by atoms with Crippen molar-refractivity contribution >= 4 is 49.6 Å². The molecule has 0 aliphatic heterocycles. The summed E-state index contributed by atoms with van der Waals surface area (Å²) in [4.78, 5) is 2.31. The van der Waals surface area contributed by atoms with Crippen molar-refractivity contribution in [1.29, 1.82) is 0 Å². The summed E-state index contributed by atoms with van der Waals surface area (Å²) < 4.78 is 2.43. The summed E-state index contributed by atoms with van der Waals surface area (Å²) in [5, 5.41) is 5.00. The Morgan fingerprint density at radius 2 is 0.918 bits per heavy atom. The first-order valence-electron chi connectivity index (χ1n) is 16.9. The van der Waals surface area contributed by atoms with Gasteiger partial charge in [0.25, 0.3) is 0 Å². The van der Waals surface area contributed by atoms with Crippen molar-refractivity contribution in [3.05, 3.63) is 194 Å². The molecule has 0 aliphatic rings. The molecule has 0 bridgehead atoms. The summed E-state index contributed by atoms with van der Waals surface area (Å²) in [6.07, 6.45) is 0. The van der Waals surface area contributed by atoms with Crippen LogP contribution < -0.4 is 4.90 Å². The smallest absolute Gasteiger partial charge is 0.0547 e. The van der Waals surface area contributed by atoms with Crippen LogP contribution in [0, 0.1) is 6.92 Å². The van der Waals surface area contributed by atoms with Crippen LogP contribution >= 0.6 is 0 Å². The highest BCUT2D eigenvalue weighted by Crippen LogP contribution is 2.43. The molecule has 9 rings (SSSR count). The average molecular weight is 627 g/mol. The van der Waals surface area contributed by atoms with E-state index in [0.29, 0.717) is 0 Å². The van der Waals surface area contributed by atoms with Crippen molar-refractivity contribution in [2.24, 2.45) is 0 Å². The highest BCUT2D eigenvalue weighted by atomic mass is 15.1. The van der Waals surface area contributed by atoms with Gasteiger partial charge < -0.3 is 9.47 Å². The lowest BCUT2D eigenvalue weighted by Gasteiger charge is -2.25. The summed E-state index contributed by atoms with van der Waals surface area (Å²) in [5.74, 6) is 0. The fourth-order valence-corrected chi connectivity index (χ4v) is 7.43. The lowest BCUT2D eigenvalue weighted by atomic mass is 9.88. The zero-order chi connectivity index (χ0) is 32.7. The number of rotatable bonds is 6. The van der Waals surface area contributed by atoms with Gasteiger partial charge in [0.2, 0.25) is 0 Å². The van der Waals surface area contributed by atoms with Gasteiger partial charge in [-0.3, -0.25) is 0 Å². The molecule has 9 aromatic rings. The number of para-hydroxylation sites is 3. The van der Waals surface area contributed by atoms with E-state index in [-0.39, 0.29) is 0 Å². The van der Waals surface area contributed by atoms with Crippen molar-refractivity contribution in [3.63, 3.8) is 0 Å². The zero-order valence-corrected chi connectivity index (χ0v) is 27.3. The van der Waals surface area contributed by atoms with E-state index in [1.165, 1.54) is 60.4 Å². The van der Waals surface area contributed by atoms with Crippen LogP contribution in [-0.2, 0) is 0 Å². The minimum absolute atomic E-state index is 1.11. The van der Waals surface area contributed by atoms with Gasteiger partial charge in [0.1, 0.15) is 0 Å². The van der Waals surface area contributed by atoms with Crippen LogP contribution in [0.3, 0.4) is 0 Å². The van der Waals surface area contributed by atoms with E-state index in [4.69, 9.17) is 0 Å². The molecule has 0 aliphatic carbocycles. The van der Waals surface area contributed by atoms with Gasteiger partial charge in [0, 0.05) is 33.5 Å². The molecule has 1 heterocycles. The van der Waals surface area contributed by atoms with Gasteiger partial charge in [0.05, 0.1) is 11.0 Å². The maximum absolute atomic E-state index is 2.43. The van der Waals surface area contributed by atoms with Crippen LogP contribution in [0.25, 0.3) is 60.5 Å². The Hall–Kier alpha value is -6.38. The number of fused-ring (bicyclic) bond motifs is 4. The molecule has 0 saturated carbocycles. The Balaban J connectivity index is 1.29. The molecular formula is C47H34N2. The van der Waals surface area contributed by atoms with Crippen molar-refractivity contribution in [1.82, 2.24) is 4.57 Å². The lowest BCUT2D eigenvalue weighted by molar-refractivity contribution is 1.17. The summed E-state index contributed by atoms with van der Waals surface area (Å²) in [7, 11) is 0. The van der Waals surface area contributed by atoms with E-state index >= 15 is 0 Å². The molecular weight excluding hydrogens is 593 g/mol. The SMILES string of the molecule is Cc1ccccc1-c1cc2c3ccccc3n(-c3ccc(N(c4ccccc4)c4ccccc4)cc3)c2cc1-c1cccc2ccccc12. The summed E-state index contributed by atoms with van der Waals surface area (Å²) in [5.41, 5.74) is 13.1. The first kappa shape index (κ1) is 28.8. The Morgan fingerprint density at radius 3 is 1.65 bits per heavy atom. The van der Waals surface area contributed by atoms with Gasteiger partial charge in [-0.2, -0.15) is 0 Å². The van der Waals surface area contributed by atoms with Crippen LogP contribution in [-0.4, -0.2) is 4.57 Å². The Morgan fingerprint density at radius 1 is 0.367 bits per heavy atom. The molecule has 0 amide bonds. The first-order valence-corrected chi connectivity index (χ1v) is 16.9. The molecule has 2 nitrogen and oxygen atoms in total. The maximum Gasteiger partial charge on any atom is 0.0547 e. The maximum atomic E-state index is 2.43. The molecule has 0 saturated heterocycles. The van der Waals surface area contributed by atoms with E-state index in [9.17, 15) is 0 Å². The second-order valence-electron chi connectivity index (χ2n) is 12.6. The number of anilines is 3. The van der Waals surface area contributed by atoms with Gasteiger partial charge in [-0.25, -0.2) is 0 Å². The number of hydrogen-bond acceptors (Lipinski definition) is 1. The van der Waals surface area contributed by atoms with Crippen molar-refractivity contribution in [3.8, 4) is 27.9 Å². The molecule has 2 heteroatoms. The standard InChI is InChI=1S/C47H34N2/c1-33-15-8-10-22-39(33)43-31-45-42-24-12-13-26-46(42)49(47(45)32-44(43)41-25-14-17-34-16-9-11-23-40(34)41)38-29-27-37(28-30-38)48(35-18-4-2-5-19-35)36-20-6-3-7-21-36/h2-32H,1H3. The summed E-state index contributed by atoms with van der Waals surface area (Å²) >= 11 is 0. The Labute approximate surface area is 286 Å². The van der Waals surface area contributed by atoms with Crippen LogP contribution in [0.5, 0.6) is 0 Å². The van der Waals surface area contributed by atoms with Crippen LogP contribution in [0.4, 0.5) is 17.1 Å². The topological polar surface area (TPSA) is 8.17 Å². The molecule has 0 spiro atoms. The summed E-state index contributed by atoms with van der Waals surface area (Å²) in [6.45, 7) is 2.21. The van der Waals surface area contributed by atoms with E-state index in [1.54, 1.807) is 0 Å². The van der Waals surface area contributed by atoms with Crippen LogP contribution in [0.15, 0.2) is 188 Å². The molecule has 0 fully saturated rings. The van der Waals surface area contributed by atoms with Gasteiger partial charge >= 0.3 is 0 Å². The minimum Gasteiger partial charge on any atom is -0.311 e. The predicted octanol–water partition coefficient (Wildman–Crippen LogP) is 13.0. The fourth-order valence-electron chi connectivity index (χ4n) is 7.43. The van der Waals surface area contributed by atoms with E-state index in [2.05, 4.69) is 204 Å². The number of hydrogen-bond donors (Lipinski definition) is 0. The molecule has 0 atom stereocenters. The normalized spacial score (nSPS) is 11.4. The third-order valence-electron chi connectivity index (χ3n) is 9.72. The second kappa shape index (κ2) is 12.0. The minimum atomic E-state index is 1.11. The number of aryl methyl sites for hydroxylation is 1. The highest BCUT2D eigenvalue weighted by molar-refractivity contribution is 6.14. The van der Waals surface area contributed by atoms with Gasteiger partial charge in [0.15, 0.2) is 0 Å². The van der Waals surface area contributed by atoms with Crippen molar-refractivity contribution in [2.45, 2.75) is 6.92 Å². The first-order chi connectivity index (χ1) is 24.2. The van der Waals surface area contributed by atoms with Crippen LogP contribution in [0.2, 0.25) is 0 Å². The molecule has 1 aromatic heterocycles. The van der Waals surface area contributed by atoms with E-state index in [1.807, 2.05) is 0 Å². The largest absolute Gasteiger partial charge is 0.311 e. The average Bonchev–Trinajstić information content (AvgIpc) is 3.49. The molecule has 232 valence electrons. The van der Waals surface area contributed by atoms with Gasteiger partial charge in [-0.15, -0.1) is 0 Å². The summed E-state index contributed by atoms with van der Waals surface area (Å²) in [6, 6.07) is 67.9. The molecule has 0 radical (unpaired) electrons. The predicted molar refractivity (Wildman–Crippen MR) is 209 cm³/mol. The van der Waals surface area contributed by atoms with Crippen molar-refractivity contribution < 1.29 is 0 Å². The third kappa shape index (κ3) is 4.97. The zero-order valence-electron chi connectivity index (χ0n) is 27.3. The molecule has 0 unspecified atom stereocenters. The molecule has 8 aromatic carbocycles. The Kier molecular flexibility index (Phi) is 7.06. The van der Waals surface area contributed by atoms with Crippen LogP contribution in [0.1, 0.15) is 5.56 Å². The number of benzene rings is 8. The number of nitrogens with zero attached hydrogens (tertiary/aromatic N) is 2. The fraction of sp³-hybridized carbons (Fsp3) is 0.0213. The molecule has 49 heavy (non-hydrogen) atoms. The number of aromatic nitrogens is 1. The van der Waals surface area contributed by atoms with E-state index in [0.717, 1.165) is 22.7 Å². The monoisotopic (exact) mass is 626 g/mol. The quantitative estimate of drug-likeness (QED) is 0.178. The second-order valence-corrected chi connectivity index (χ2v) is 12.6. The lowest BCUT2D eigenvalue weighted by Crippen LogP contribution is -2.09.